The van der Waals surface area contributed by atoms with Gasteiger partial charge in [-0.1, -0.05) is 0 Å². The first-order valence-corrected chi connectivity index (χ1v) is 5.80. The zero-order valence-corrected chi connectivity index (χ0v) is 10.3. The van der Waals surface area contributed by atoms with Crippen molar-refractivity contribution in [3.8, 4) is 0 Å². The highest BCUT2D eigenvalue weighted by Gasteiger charge is 2.33. The lowest BCUT2D eigenvalue weighted by Crippen LogP contribution is -2.39. The normalized spacial score (nSPS) is 19.8. The van der Waals surface area contributed by atoms with Crippen LogP contribution in [-0.2, 0) is 4.79 Å². The summed E-state index contributed by atoms with van der Waals surface area (Å²) in [6.07, 6.45) is 5.90. The van der Waals surface area contributed by atoms with Gasteiger partial charge in [0, 0.05) is 33.0 Å². The van der Waals surface area contributed by atoms with Crippen LogP contribution in [0.1, 0.15) is 6.42 Å². The van der Waals surface area contributed by atoms with Crippen LogP contribution in [0.3, 0.4) is 0 Å². The molecule has 2 aromatic rings. The first kappa shape index (κ1) is 10.9. The minimum atomic E-state index is -0.162. The predicted molar refractivity (Wildman–Crippen MR) is 65.2 cm³/mol. The molecule has 1 saturated heterocycles. The molecule has 1 aliphatic rings. The Bertz CT molecular complexity index is 594. The zero-order chi connectivity index (χ0) is 12.7. The lowest BCUT2D eigenvalue weighted by Gasteiger charge is -2.23. The summed E-state index contributed by atoms with van der Waals surface area (Å²) in [4.78, 5) is 19.9. The van der Waals surface area contributed by atoms with Crippen molar-refractivity contribution in [1.29, 1.82) is 0 Å². The van der Waals surface area contributed by atoms with Crippen molar-refractivity contribution >= 4 is 17.4 Å². The molecule has 0 radical (unpaired) electrons. The first-order chi connectivity index (χ1) is 8.68. The van der Waals surface area contributed by atoms with Gasteiger partial charge in [-0.15, -0.1) is 10.2 Å². The molecule has 1 aliphatic heterocycles. The highest BCUT2D eigenvalue weighted by atomic mass is 16.2. The number of fused-ring (bicyclic) bond motifs is 1. The highest BCUT2D eigenvalue weighted by molar-refractivity contribution is 5.87. The first-order valence-electron chi connectivity index (χ1n) is 5.80. The number of rotatable bonds is 2. The third-order valence-electron chi connectivity index (χ3n) is 3.40. The number of anilines is 1. The van der Waals surface area contributed by atoms with E-state index < -0.39 is 0 Å². The molecule has 1 fully saturated rings. The molecule has 1 unspecified atom stereocenters. The summed E-state index contributed by atoms with van der Waals surface area (Å²) < 4.78 is 1.79. The SMILES string of the molecule is CN1CCC(N(C)c2nccn3cnnc23)C1=O. The highest BCUT2D eigenvalue weighted by Crippen LogP contribution is 2.22. The van der Waals surface area contributed by atoms with Crippen molar-refractivity contribution in [2.75, 3.05) is 25.5 Å². The summed E-state index contributed by atoms with van der Waals surface area (Å²) in [7, 11) is 3.69. The van der Waals surface area contributed by atoms with Gasteiger partial charge in [0.15, 0.2) is 5.82 Å². The molecule has 3 rings (SSSR count). The molecule has 7 nitrogen and oxygen atoms in total. The molecule has 7 heteroatoms. The minimum absolute atomic E-state index is 0.126. The van der Waals surface area contributed by atoms with Crippen LogP contribution < -0.4 is 4.90 Å². The van der Waals surface area contributed by atoms with E-state index in [0.29, 0.717) is 11.5 Å². The Morgan fingerprint density at radius 1 is 1.50 bits per heavy atom. The third-order valence-corrected chi connectivity index (χ3v) is 3.40. The van der Waals surface area contributed by atoms with Crippen LogP contribution in [0.5, 0.6) is 0 Å². The molecular weight excluding hydrogens is 232 g/mol. The summed E-state index contributed by atoms with van der Waals surface area (Å²) in [5, 5.41) is 7.89. The lowest BCUT2D eigenvalue weighted by molar-refractivity contribution is -0.127. The van der Waals surface area contributed by atoms with E-state index in [1.807, 2.05) is 19.0 Å². The molecule has 18 heavy (non-hydrogen) atoms. The van der Waals surface area contributed by atoms with E-state index in [4.69, 9.17) is 0 Å². The van der Waals surface area contributed by atoms with E-state index in [-0.39, 0.29) is 11.9 Å². The second-order valence-electron chi connectivity index (χ2n) is 4.49. The average Bonchev–Trinajstić information content (AvgIpc) is 2.96. The largest absolute Gasteiger partial charge is 0.344 e. The number of likely N-dealkylation sites (tertiary alicyclic amines) is 1. The summed E-state index contributed by atoms with van der Waals surface area (Å²) in [6, 6.07) is -0.162. The number of likely N-dealkylation sites (N-methyl/N-ethyl adjacent to an activating group) is 2. The third kappa shape index (κ3) is 1.51. The molecular formula is C11H14N6O. The smallest absolute Gasteiger partial charge is 0.245 e. The fraction of sp³-hybridized carbons (Fsp3) is 0.455. The van der Waals surface area contributed by atoms with Crippen LogP contribution in [0.15, 0.2) is 18.7 Å². The van der Waals surface area contributed by atoms with Crippen LogP contribution >= 0.6 is 0 Å². The maximum Gasteiger partial charge on any atom is 0.245 e. The Hall–Kier alpha value is -2.18. The van der Waals surface area contributed by atoms with Crippen LogP contribution in [0.2, 0.25) is 0 Å². The van der Waals surface area contributed by atoms with Crippen LogP contribution in [0.25, 0.3) is 5.65 Å². The zero-order valence-electron chi connectivity index (χ0n) is 10.3. The van der Waals surface area contributed by atoms with Gasteiger partial charge in [0.25, 0.3) is 0 Å². The monoisotopic (exact) mass is 246 g/mol. The van der Waals surface area contributed by atoms with Crippen molar-refractivity contribution in [3.63, 3.8) is 0 Å². The van der Waals surface area contributed by atoms with E-state index in [0.717, 1.165) is 13.0 Å². The van der Waals surface area contributed by atoms with Gasteiger partial charge in [0.2, 0.25) is 11.6 Å². The molecule has 0 aliphatic carbocycles. The summed E-state index contributed by atoms with van der Waals surface area (Å²) in [6.45, 7) is 0.781. The van der Waals surface area contributed by atoms with Crippen molar-refractivity contribution in [1.82, 2.24) is 24.5 Å². The van der Waals surface area contributed by atoms with Gasteiger partial charge in [-0.25, -0.2) is 4.98 Å². The second kappa shape index (κ2) is 3.94. The Morgan fingerprint density at radius 3 is 3.06 bits per heavy atom. The van der Waals surface area contributed by atoms with Gasteiger partial charge >= 0.3 is 0 Å². The topological polar surface area (TPSA) is 66.6 Å². The number of hydrogen-bond donors (Lipinski definition) is 0. The summed E-state index contributed by atoms with van der Waals surface area (Å²) >= 11 is 0. The number of carbonyl (C=O) groups is 1. The number of aromatic nitrogens is 4. The van der Waals surface area contributed by atoms with Crippen LogP contribution in [0, 0.1) is 0 Å². The van der Waals surface area contributed by atoms with Crippen LogP contribution in [0.4, 0.5) is 5.82 Å². The van der Waals surface area contributed by atoms with E-state index in [9.17, 15) is 4.79 Å². The standard InChI is InChI=1S/C11H14N6O/c1-15-5-3-8(11(15)18)16(2)9-10-14-13-7-17(10)6-4-12-9/h4,6-8H,3,5H2,1-2H3. The Morgan fingerprint density at radius 2 is 2.33 bits per heavy atom. The summed E-state index contributed by atoms with van der Waals surface area (Å²) in [5.74, 6) is 0.810. The number of nitrogens with zero attached hydrogens (tertiary/aromatic N) is 6. The molecule has 3 heterocycles. The van der Waals surface area contributed by atoms with Gasteiger partial charge in [-0.3, -0.25) is 9.20 Å². The molecule has 1 amide bonds. The van der Waals surface area contributed by atoms with Gasteiger partial charge < -0.3 is 9.80 Å². The Balaban J connectivity index is 1.99. The maximum atomic E-state index is 12.0. The van der Waals surface area contributed by atoms with E-state index in [1.54, 1.807) is 28.0 Å². The van der Waals surface area contributed by atoms with Crippen molar-refractivity contribution < 1.29 is 4.79 Å². The maximum absolute atomic E-state index is 12.0. The fourth-order valence-electron chi connectivity index (χ4n) is 2.30. The number of carbonyl (C=O) groups excluding carboxylic acids is 1. The fourth-order valence-corrected chi connectivity index (χ4v) is 2.30. The molecule has 0 spiro atoms. The molecule has 0 saturated carbocycles. The molecule has 2 aromatic heterocycles. The van der Waals surface area contributed by atoms with Gasteiger partial charge in [-0.05, 0) is 6.42 Å². The van der Waals surface area contributed by atoms with E-state index in [2.05, 4.69) is 15.2 Å². The van der Waals surface area contributed by atoms with Gasteiger partial charge in [0.1, 0.15) is 12.4 Å². The van der Waals surface area contributed by atoms with E-state index >= 15 is 0 Å². The predicted octanol–water partition coefficient (Wildman–Crippen LogP) is -0.209. The average molecular weight is 246 g/mol. The number of amides is 1. The van der Waals surface area contributed by atoms with Crippen LogP contribution in [-0.4, -0.2) is 57.1 Å². The van der Waals surface area contributed by atoms with E-state index in [1.165, 1.54) is 0 Å². The minimum Gasteiger partial charge on any atom is -0.344 e. The van der Waals surface area contributed by atoms with Gasteiger partial charge in [0.05, 0.1) is 0 Å². The molecule has 0 aromatic carbocycles. The van der Waals surface area contributed by atoms with Crippen molar-refractivity contribution in [2.24, 2.45) is 0 Å². The second-order valence-corrected chi connectivity index (χ2v) is 4.49. The lowest BCUT2D eigenvalue weighted by atomic mass is 10.2. The van der Waals surface area contributed by atoms with Crippen molar-refractivity contribution in [3.05, 3.63) is 18.7 Å². The molecule has 94 valence electrons. The summed E-state index contributed by atoms with van der Waals surface area (Å²) in [5.41, 5.74) is 0.669. The van der Waals surface area contributed by atoms with Gasteiger partial charge in [-0.2, -0.15) is 0 Å². The molecule has 1 atom stereocenters. The molecule has 0 N–H and O–H groups in total. The molecule has 0 bridgehead atoms. The Kier molecular flexibility index (Phi) is 2.39. The quantitative estimate of drug-likeness (QED) is 0.733. The number of hydrogen-bond acceptors (Lipinski definition) is 5. The van der Waals surface area contributed by atoms with Crippen molar-refractivity contribution in [2.45, 2.75) is 12.5 Å². The Labute approximate surface area is 104 Å².